The van der Waals surface area contributed by atoms with Gasteiger partial charge in [-0.2, -0.15) is 0 Å². The highest BCUT2D eigenvalue weighted by molar-refractivity contribution is 6.34. The molecule has 0 unspecified atom stereocenters. The minimum absolute atomic E-state index is 0.0586. The van der Waals surface area contributed by atoms with Gasteiger partial charge in [-0.15, -0.1) is 0 Å². The van der Waals surface area contributed by atoms with Crippen LogP contribution in [-0.2, 0) is 4.79 Å². The lowest BCUT2D eigenvalue weighted by molar-refractivity contribution is -0.114. The number of aromatic carboxylic acids is 1. The zero-order valence-corrected chi connectivity index (χ0v) is 12.6. The van der Waals surface area contributed by atoms with Gasteiger partial charge in [-0.3, -0.25) is 14.4 Å². The van der Waals surface area contributed by atoms with E-state index >= 15 is 0 Å². The fourth-order valence-electron chi connectivity index (χ4n) is 2.51. The van der Waals surface area contributed by atoms with Gasteiger partial charge in [-0.1, -0.05) is 0 Å². The lowest BCUT2D eigenvalue weighted by Gasteiger charge is -2.13. The van der Waals surface area contributed by atoms with Gasteiger partial charge in [0, 0.05) is 12.6 Å². The van der Waals surface area contributed by atoms with Crippen molar-refractivity contribution in [2.75, 3.05) is 10.2 Å². The number of anilines is 2. The van der Waals surface area contributed by atoms with Crippen LogP contribution in [0.2, 0.25) is 0 Å². The van der Waals surface area contributed by atoms with Gasteiger partial charge in [0.25, 0.3) is 11.8 Å². The molecule has 1 aliphatic rings. The lowest BCUT2D eigenvalue weighted by Crippen LogP contribution is -2.29. The molecule has 7 heteroatoms. The van der Waals surface area contributed by atoms with E-state index in [-0.39, 0.29) is 28.3 Å². The highest BCUT2D eigenvalue weighted by atomic mass is 16.4. The second-order valence-corrected chi connectivity index (χ2v) is 5.24. The van der Waals surface area contributed by atoms with Gasteiger partial charge in [-0.05, 0) is 42.5 Å². The van der Waals surface area contributed by atoms with Crippen LogP contribution in [0, 0.1) is 0 Å². The normalized spacial score (nSPS) is 13.0. The molecule has 2 N–H and O–H groups in total. The fraction of sp³-hybridized carbons (Fsp3) is 0.0588. The van der Waals surface area contributed by atoms with Crippen molar-refractivity contribution >= 4 is 35.1 Å². The Morgan fingerprint density at radius 2 is 1.58 bits per heavy atom. The molecule has 1 heterocycles. The molecule has 3 rings (SSSR count). The topological polar surface area (TPSA) is 104 Å². The van der Waals surface area contributed by atoms with E-state index in [0.29, 0.717) is 5.69 Å². The Bertz CT molecular complexity index is 886. The number of benzene rings is 2. The first-order chi connectivity index (χ1) is 11.4. The number of hydrogen-bond acceptors (Lipinski definition) is 4. The molecular weight excluding hydrogens is 312 g/mol. The van der Waals surface area contributed by atoms with Gasteiger partial charge >= 0.3 is 5.97 Å². The van der Waals surface area contributed by atoms with Crippen molar-refractivity contribution in [1.29, 1.82) is 0 Å². The van der Waals surface area contributed by atoms with Crippen molar-refractivity contribution in [3.8, 4) is 0 Å². The predicted molar refractivity (Wildman–Crippen MR) is 85.3 cm³/mol. The second-order valence-electron chi connectivity index (χ2n) is 5.24. The van der Waals surface area contributed by atoms with E-state index in [0.717, 1.165) is 4.90 Å². The number of carboxylic acid groups (broad SMARTS) is 1. The lowest BCUT2D eigenvalue weighted by atomic mass is 10.1. The molecule has 2 aromatic carbocycles. The molecule has 0 bridgehead atoms. The van der Waals surface area contributed by atoms with Crippen molar-refractivity contribution in [3.63, 3.8) is 0 Å². The van der Waals surface area contributed by atoms with Crippen LogP contribution in [0.3, 0.4) is 0 Å². The average molecular weight is 324 g/mol. The molecule has 3 amide bonds. The number of hydrogen-bond donors (Lipinski definition) is 2. The number of amides is 3. The van der Waals surface area contributed by atoms with Crippen LogP contribution in [-0.4, -0.2) is 28.8 Å². The standard InChI is InChI=1S/C17H12N2O5/c1-9(20)18-11-4-7-13-14(8-11)16(22)19(15(13)21)12-5-2-10(3-6-12)17(23)24/h2-8H,1H3,(H,18,20)(H,23,24). The Balaban J connectivity index is 1.97. The molecule has 0 spiro atoms. The number of carbonyl (C=O) groups excluding carboxylic acids is 3. The van der Waals surface area contributed by atoms with Crippen LogP contribution >= 0.6 is 0 Å². The highest BCUT2D eigenvalue weighted by Gasteiger charge is 2.36. The summed E-state index contributed by atoms with van der Waals surface area (Å²) < 4.78 is 0. The van der Waals surface area contributed by atoms with E-state index in [1.165, 1.54) is 43.3 Å². The summed E-state index contributed by atoms with van der Waals surface area (Å²) in [5.41, 5.74) is 1.19. The number of carbonyl (C=O) groups is 4. The molecular formula is C17H12N2O5. The van der Waals surface area contributed by atoms with E-state index < -0.39 is 17.8 Å². The van der Waals surface area contributed by atoms with Gasteiger partial charge in [-0.25, -0.2) is 9.69 Å². The third kappa shape index (κ3) is 2.52. The summed E-state index contributed by atoms with van der Waals surface area (Å²) in [7, 11) is 0. The largest absolute Gasteiger partial charge is 0.478 e. The number of nitrogens with one attached hydrogen (secondary N) is 1. The molecule has 0 fully saturated rings. The van der Waals surface area contributed by atoms with Crippen molar-refractivity contribution < 1.29 is 24.3 Å². The van der Waals surface area contributed by atoms with Crippen molar-refractivity contribution in [2.24, 2.45) is 0 Å². The fourth-order valence-corrected chi connectivity index (χ4v) is 2.51. The zero-order chi connectivity index (χ0) is 17.4. The number of rotatable bonds is 3. The predicted octanol–water partition coefficient (Wildman–Crippen LogP) is 2.14. The number of imide groups is 1. The summed E-state index contributed by atoms with van der Waals surface area (Å²) >= 11 is 0. The van der Waals surface area contributed by atoms with Crippen LogP contribution in [0.15, 0.2) is 42.5 Å². The van der Waals surface area contributed by atoms with E-state index in [1.807, 2.05) is 0 Å². The maximum absolute atomic E-state index is 12.5. The Hall–Kier alpha value is -3.48. The van der Waals surface area contributed by atoms with E-state index in [9.17, 15) is 19.2 Å². The van der Waals surface area contributed by atoms with Crippen LogP contribution in [0.1, 0.15) is 38.0 Å². The number of nitrogens with zero attached hydrogens (tertiary/aromatic N) is 1. The molecule has 2 aromatic rings. The molecule has 0 radical (unpaired) electrons. The quantitative estimate of drug-likeness (QED) is 0.842. The Kier molecular flexibility index (Phi) is 3.61. The Morgan fingerprint density at radius 3 is 2.17 bits per heavy atom. The smallest absolute Gasteiger partial charge is 0.335 e. The monoisotopic (exact) mass is 324 g/mol. The highest BCUT2D eigenvalue weighted by Crippen LogP contribution is 2.30. The van der Waals surface area contributed by atoms with Gasteiger partial charge in [0.15, 0.2) is 0 Å². The molecule has 0 aromatic heterocycles. The van der Waals surface area contributed by atoms with Gasteiger partial charge in [0.2, 0.25) is 5.91 Å². The Labute approximate surface area is 136 Å². The van der Waals surface area contributed by atoms with Gasteiger partial charge < -0.3 is 10.4 Å². The third-order valence-electron chi connectivity index (χ3n) is 3.58. The maximum atomic E-state index is 12.5. The van der Waals surface area contributed by atoms with E-state index in [1.54, 1.807) is 6.07 Å². The van der Waals surface area contributed by atoms with Crippen LogP contribution in [0.25, 0.3) is 0 Å². The second kappa shape index (κ2) is 5.62. The summed E-state index contributed by atoms with van der Waals surface area (Å²) in [5.74, 6) is -2.39. The maximum Gasteiger partial charge on any atom is 0.335 e. The number of carboxylic acids is 1. The molecule has 120 valence electrons. The molecule has 7 nitrogen and oxygen atoms in total. The molecule has 0 saturated heterocycles. The molecule has 0 aliphatic carbocycles. The van der Waals surface area contributed by atoms with Gasteiger partial charge in [0.1, 0.15) is 0 Å². The van der Waals surface area contributed by atoms with Crippen LogP contribution in [0.4, 0.5) is 11.4 Å². The van der Waals surface area contributed by atoms with E-state index in [4.69, 9.17) is 5.11 Å². The van der Waals surface area contributed by atoms with Gasteiger partial charge in [0.05, 0.1) is 22.4 Å². The summed E-state index contributed by atoms with van der Waals surface area (Å²) in [4.78, 5) is 48.0. The van der Waals surface area contributed by atoms with Crippen LogP contribution in [0.5, 0.6) is 0 Å². The average Bonchev–Trinajstić information content (AvgIpc) is 2.78. The summed E-state index contributed by atoms with van der Waals surface area (Å²) in [6, 6.07) is 9.92. The Morgan fingerprint density at radius 1 is 0.958 bits per heavy atom. The number of fused-ring (bicyclic) bond motifs is 1. The van der Waals surface area contributed by atoms with Crippen molar-refractivity contribution in [2.45, 2.75) is 6.92 Å². The van der Waals surface area contributed by atoms with Crippen LogP contribution < -0.4 is 10.2 Å². The SMILES string of the molecule is CC(=O)Nc1ccc2c(c1)C(=O)N(c1ccc(C(=O)O)cc1)C2=O. The minimum Gasteiger partial charge on any atom is -0.478 e. The molecule has 0 saturated carbocycles. The zero-order valence-electron chi connectivity index (χ0n) is 12.6. The summed E-state index contributed by atoms with van der Waals surface area (Å²) in [5, 5.41) is 11.5. The summed E-state index contributed by atoms with van der Waals surface area (Å²) in [6.45, 7) is 1.34. The summed E-state index contributed by atoms with van der Waals surface area (Å²) in [6.07, 6.45) is 0. The minimum atomic E-state index is -1.09. The first-order valence-electron chi connectivity index (χ1n) is 7.02. The first-order valence-corrected chi connectivity index (χ1v) is 7.02. The molecule has 0 atom stereocenters. The molecule has 1 aliphatic heterocycles. The van der Waals surface area contributed by atoms with Crippen molar-refractivity contribution in [3.05, 3.63) is 59.2 Å². The first kappa shape index (κ1) is 15.4. The van der Waals surface area contributed by atoms with E-state index in [2.05, 4.69) is 5.32 Å². The van der Waals surface area contributed by atoms with Crippen molar-refractivity contribution in [1.82, 2.24) is 0 Å². The molecule has 24 heavy (non-hydrogen) atoms. The third-order valence-corrected chi connectivity index (χ3v) is 3.58.